The number of aromatic nitrogens is 1. The van der Waals surface area contributed by atoms with E-state index in [0.717, 1.165) is 6.07 Å². The van der Waals surface area contributed by atoms with Gasteiger partial charge in [-0.15, -0.1) is 0 Å². The number of fused-ring (bicyclic) bond motifs is 1. The van der Waals surface area contributed by atoms with Gasteiger partial charge in [-0.3, -0.25) is 10.1 Å². The number of anilines is 1. The Morgan fingerprint density at radius 1 is 1.10 bits per heavy atom. The van der Waals surface area contributed by atoms with Crippen LogP contribution in [0.2, 0.25) is 0 Å². The third-order valence-corrected chi connectivity index (χ3v) is 4.14. The third kappa shape index (κ3) is 4.75. The highest BCUT2D eigenvalue weighted by molar-refractivity contribution is 5.92. The highest BCUT2D eigenvalue weighted by atomic mass is 19.4. The van der Waals surface area contributed by atoms with Gasteiger partial charge in [0.15, 0.2) is 0 Å². The van der Waals surface area contributed by atoms with Crippen LogP contribution in [-0.2, 0) is 15.7 Å². The van der Waals surface area contributed by atoms with E-state index in [1.807, 2.05) is 0 Å². The highest BCUT2D eigenvalue weighted by Gasteiger charge is 2.33. The number of benzene rings is 2. The molecule has 2 aromatic carbocycles. The second-order valence-corrected chi connectivity index (χ2v) is 6.11. The summed E-state index contributed by atoms with van der Waals surface area (Å²) in [6, 6.07) is 11.0. The summed E-state index contributed by atoms with van der Waals surface area (Å²) in [7, 11) is 1.47. The molecule has 0 fully saturated rings. The van der Waals surface area contributed by atoms with Crippen LogP contribution in [0.4, 0.5) is 23.7 Å². The molecule has 1 aromatic heterocycles. The molecule has 1 heterocycles. The topological polar surface area (TPSA) is 80.4 Å². The predicted octanol–water partition coefficient (Wildman–Crippen LogP) is 4.41. The van der Waals surface area contributed by atoms with Gasteiger partial charge >= 0.3 is 12.3 Å². The smallest absolute Gasteiger partial charge is 0.417 e. The zero-order valence-corrected chi connectivity index (χ0v) is 15.3. The molecule has 6 nitrogen and oxygen atoms in total. The first-order valence-corrected chi connectivity index (χ1v) is 8.56. The van der Waals surface area contributed by atoms with E-state index in [-0.39, 0.29) is 29.9 Å². The molecule has 9 heteroatoms. The van der Waals surface area contributed by atoms with E-state index >= 15 is 0 Å². The molecule has 0 bridgehead atoms. The van der Waals surface area contributed by atoms with Crippen molar-refractivity contribution in [2.24, 2.45) is 0 Å². The molecule has 0 aliphatic heterocycles. The summed E-state index contributed by atoms with van der Waals surface area (Å²) in [5.74, 6) is 0. The Bertz CT molecular complexity index is 1090. The fourth-order valence-corrected chi connectivity index (χ4v) is 2.82. The number of carbonyl (C=O) groups is 1. The summed E-state index contributed by atoms with van der Waals surface area (Å²) in [6.07, 6.45) is -5.27. The lowest BCUT2D eigenvalue weighted by atomic mass is 10.0. The average Bonchev–Trinajstić information content (AvgIpc) is 2.68. The monoisotopic (exact) mass is 406 g/mol. The van der Waals surface area contributed by atoms with Gasteiger partial charge in [0.25, 0.3) is 5.56 Å². The lowest BCUT2D eigenvalue weighted by Gasteiger charge is -2.13. The van der Waals surface area contributed by atoms with Crippen molar-refractivity contribution in [2.45, 2.75) is 6.18 Å². The summed E-state index contributed by atoms with van der Waals surface area (Å²) in [5, 5.41) is 3.12. The van der Waals surface area contributed by atoms with Crippen molar-refractivity contribution in [1.29, 1.82) is 0 Å². The number of hydrogen-bond donors (Lipinski definition) is 2. The Balaban J connectivity index is 1.94. The summed E-state index contributed by atoms with van der Waals surface area (Å²) in [6.45, 7) is 0.311. The second-order valence-electron chi connectivity index (χ2n) is 6.11. The van der Waals surface area contributed by atoms with Crippen molar-refractivity contribution >= 4 is 22.6 Å². The van der Waals surface area contributed by atoms with Crippen molar-refractivity contribution in [1.82, 2.24) is 4.98 Å². The lowest BCUT2D eigenvalue weighted by molar-refractivity contribution is -0.137. The maximum absolute atomic E-state index is 13.3. The first-order chi connectivity index (χ1) is 13.8. The molecular formula is C20H17F3N2O4. The van der Waals surface area contributed by atoms with Crippen LogP contribution in [-0.4, -0.2) is 31.4 Å². The van der Waals surface area contributed by atoms with E-state index in [9.17, 15) is 22.8 Å². The minimum absolute atomic E-state index is 0.0510. The van der Waals surface area contributed by atoms with Gasteiger partial charge in [-0.25, -0.2) is 4.79 Å². The van der Waals surface area contributed by atoms with Gasteiger partial charge in [-0.05, 0) is 29.7 Å². The van der Waals surface area contributed by atoms with Crippen molar-refractivity contribution < 1.29 is 27.4 Å². The Hall–Kier alpha value is -3.33. The Labute approximate surface area is 163 Å². The number of pyridine rings is 1. The number of H-pyrrole nitrogens is 1. The SMILES string of the molecule is COCCOC(=O)Nc1ccc2cc(-c3ccccc3C(F)(F)F)[nH]c(=O)c2c1. The normalized spacial score (nSPS) is 11.4. The van der Waals surface area contributed by atoms with E-state index < -0.39 is 23.4 Å². The van der Waals surface area contributed by atoms with E-state index in [4.69, 9.17) is 9.47 Å². The van der Waals surface area contributed by atoms with Crippen molar-refractivity contribution in [2.75, 3.05) is 25.6 Å². The average molecular weight is 406 g/mol. The Kier molecular flexibility index (Phi) is 5.88. The van der Waals surface area contributed by atoms with Crippen molar-refractivity contribution in [3.63, 3.8) is 0 Å². The number of methoxy groups -OCH3 is 1. The minimum Gasteiger partial charge on any atom is -0.447 e. The van der Waals surface area contributed by atoms with Crippen LogP contribution in [0, 0.1) is 0 Å². The summed E-state index contributed by atoms with van der Waals surface area (Å²) in [5.41, 5.74) is -1.18. The molecule has 0 saturated carbocycles. The van der Waals surface area contributed by atoms with Crippen molar-refractivity contribution in [3.8, 4) is 11.3 Å². The number of alkyl halides is 3. The Morgan fingerprint density at radius 3 is 2.59 bits per heavy atom. The first kappa shape index (κ1) is 20.4. The number of hydrogen-bond acceptors (Lipinski definition) is 4. The molecular weight excluding hydrogens is 389 g/mol. The molecule has 152 valence electrons. The van der Waals surface area contributed by atoms with Gasteiger partial charge in [-0.1, -0.05) is 24.3 Å². The molecule has 2 N–H and O–H groups in total. The van der Waals surface area contributed by atoms with E-state index in [1.165, 1.54) is 49.6 Å². The molecule has 0 saturated heterocycles. The fourth-order valence-electron chi connectivity index (χ4n) is 2.82. The fraction of sp³-hybridized carbons (Fsp3) is 0.200. The van der Waals surface area contributed by atoms with Gasteiger partial charge in [0.05, 0.1) is 12.2 Å². The molecule has 0 spiro atoms. The van der Waals surface area contributed by atoms with Gasteiger partial charge in [0.2, 0.25) is 0 Å². The van der Waals surface area contributed by atoms with Gasteiger partial charge in [0.1, 0.15) is 6.61 Å². The maximum atomic E-state index is 13.3. The summed E-state index contributed by atoms with van der Waals surface area (Å²) in [4.78, 5) is 26.7. The molecule has 0 aliphatic rings. The van der Waals surface area contributed by atoms with Crippen LogP contribution in [0.25, 0.3) is 22.0 Å². The minimum atomic E-state index is -4.56. The summed E-state index contributed by atoms with van der Waals surface area (Å²) < 4.78 is 49.5. The number of ether oxygens (including phenoxy) is 2. The number of halogens is 3. The number of amides is 1. The van der Waals surface area contributed by atoms with Crippen LogP contribution >= 0.6 is 0 Å². The van der Waals surface area contributed by atoms with E-state index in [1.54, 1.807) is 0 Å². The lowest BCUT2D eigenvalue weighted by Crippen LogP contribution is -2.16. The molecule has 0 aliphatic carbocycles. The van der Waals surface area contributed by atoms with Crippen LogP contribution in [0.3, 0.4) is 0 Å². The molecule has 0 atom stereocenters. The quantitative estimate of drug-likeness (QED) is 0.615. The maximum Gasteiger partial charge on any atom is 0.417 e. The predicted molar refractivity (Wildman–Crippen MR) is 102 cm³/mol. The highest BCUT2D eigenvalue weighted by Crippen LogP contribution is 2.36. The van der Waals surface area contributed by atoms with Crippen LogP contribution < -0.4 is 10.9 Å². The van der Waals surface area contributed by atoms with Crippen LogP contribution in [0.5, 0.6) is 0 Å². The zero-order valence-electron chi connectivity index (χ0n) is 15.3. The molecule has 29 heavy (non-hydrogen) atoms. The molecule has 0 unspecified atom stereocenters. The standard InChI is InChI=1S/C20H17F3N2O4/c1-28-8-9-29-19(27)24-13-7-6-12-10-17(25-18(26)15(12)11-13)14-4-2-3-5-16(14)20(21,22)23/h2-7,10-11H,8-9H2,1H3,(H,24,27)(H,25,26). The van der Waals surface area contributed by atoms with Crippen LogP contribution in [0.15, 0.2) is 53.3 Å². The van der Waals surface area contributed by atoms with Gasteiger partial charge in [-0.2, -0.15) is 13.2 Å². The number of nitrogens with one attached hydrogen (secondary N) is 2. The Morgan fingerprint density at radius 2 is 1.86 bits per heavy atom. The molecule has 3 rings (SSSR count). The molecule has 1 amide bonds. The first-order valence-electron chi connectivity index (χ1n) is 8.56. The van der Waals surface area contributed by atoms with Gasteiger partial charge in [0, 0.05) is 29.4 Å². The second kappa shape index (κ2) is 8.36. The van der Waals surface area contributed by atoms with E-state index in [0.29, 0.717) is 11.1 Å². The molecule has 3 aromatic rings. The largest absolute Gasteiger partial charge is 0.447 e. The zero-order chi connectivity index (χ0) is 21.0. The van der Waals surface area contributed by atoms with Crippen LogP contribution in [0.1, 0.15) is 5.56 Å². The number of rotatable bonds is 5. The third-order valence-electron chi connectivity index (χ3n) is 4.14. The molecule has 0 radical (unpaired) electrons. The number of aromatic amines is 1. The van der Waals surface area contributed by atoms with E-state index in [2.05, 4.69) is 10.3 Å². The number of carbonyl (C=O) groups excluding carboxylic acids is 1. The van der Waals surface area contributed by atoms with Crippen molar-refractivity contribution in [3.05, 3.63) is 64.4 Å². The summed E-state index contributed by atoms with van der Waals surface area (Å²) >= 11 is 0. The van der Waals surface area contributed by atoms with Gasteiger partial charge < -0.3 is 14.5 Å².